The predicted octanol–water partition coefficient (Wildman–Crippen LogP) is 6.86. The first-order chi connectivity index (χ1) is 22.8. The van der Waals surface area contributed by atoms with Crippen LogP contribution < -0.4 is 9.46 Å². The third-order valence-corrected chi connectivity index (χ3v) is 10.5. The number of carbonyl (C=O) groups is 1. The van der Waals surface area contributed by atoms with E-state index in [1.165, 1.54) is 24.3 Å². The number of ether oxygens (including phenoxy) is 2. The molecular formula is C35H44Cl2FN3O6S. The summed E-state index contributed by atoms with van der Waals surface area (Å²) in [5.41, 5.74) is 1.29. The molecule has 9 nitrogen and oxygen atoms in total. The van der Waals surface area contributed by atoms with Gasteiger partial charge in [-0.05, 0) is 100 Å². The summed E-state index contributed by atoms with van der Waals surface area (Å²) in [6, 6.07) is 14.0. The number of sulfonamides is 1. The number of carbonyl (C=O) groups excluding carboxylic acids is 1. The van der Waals surface area contributed by atoms with Crippen LogP contribution in [-0.4, -0.2) is 80.8 Å². The smallest absolute Gasteiger partial charge is 0.261 e. The van der Waals surface area contributed by atoms with Gasteiger partial charge >= 0.3 is 0 Å². The van der Waals surface area contributed by atoms with E-state index in [1.807, 2.05) is 33.0 Å². The maximum Gasteiger partial charge on any atom is 0.261 e. The minimum atomic E-state index is -4.08. The van der Waals surface area contributed by atoms with Gasteiger partial charge in [-0.25, -0.2) is 12.8 Å². The zero-order valence-electron chi connectivity index (χ0n) is 27.7. The molecule has 2 N–H and O–H groups in total. The van der Waals surface area contributed by atoms with Gasteiger partial charge in [-0.2, -0.15) is 0 Å². The number of aliphatic hydroxyl groups is 1. The van der Waals surface area contributed by atoms with E-state index in [-0.39, 0.29) is 47.4 Å². The summed E-state index contributed by atoms with van der Waals surface area (Å²) in [6.45, 7) is 7.38. The zero-order chi connectivity index (χ0) is 35.0. The molecule has 0 fully saturated rings. The molecule has 1 heterocycles. The summed E-state index contributed by atoms with van der Waals surface area (Å²) < 4.78 is 54.8. The summed E-state index contributed by atoms with van der Waals surface area (Å²) in [6.07, 6.45) is 1.89. The van der Waals surface area contributed by atoms with Gasteiger partial charge in [-0.15, -0.1) is 0 Å². The van der Waals surface area contributed by atoms with Crippen molar-refractivity contribution in [1.29, 1.82) is 0 Å². The first-order valence-corrected chi connectivity index (χ1v) is 18.3. The fraction of sp³-hybridized carbons (Fsp3) is 0.457. The van der Waals surface area contributed by atoms with Crippen LogP contribution in [-0.2, 0) is 21.3 Å². The second-order valence-electron chi connectivity index (χ2n) is 12.5. The fourth-order valence-electron chi connectivity index (χ4n) is 5.60. The number of nitrogens with one attached hydrogen (secondary N) is 1. The Morgan fingerprint density at radius 2 is 1.79 bits per heavy atom. The van der Waals surface area contributed by atoms with E-state index in [0.717, 1.165) is 30.5 Å². The quantitative estimate of drug-likeness (QED) is 0.248. The molecule has 0 spiro atoms. The second kappa shape index (κ2) is 17.1. The summed E-state index contributed by atoms with van der Waals surface area (Å²) in [7, 11) is -2.09. The number of nitrogens with zero attached hydrogens (tertiary/aromatic N) is 2. The molecule has 0 aliphatic carbocycles. The number of fused-ring (bicyclic) bond motifs is 1. The van der Waals surface area contributed by atoms with E-state index in [9.17, 15) is 22.7 Å². The predicted molar refractivity (Wildman–Crippen MR) is 187 cm³/mol. The molecule has 3 aromatic rings. The van der Waals surface area contributed by atoms with Crippen molar-refractivity contribution in [3.63, 3.8) is 0 Å². The fourth-order valence-corrected chi connectivity index (χ4v) is 6.97. The van der Waals surface area contributed by atoms with Crippen LogP contribution in [0.3, 0.4) is 0 Å². The Kier molecular flexibility index (Phi) is 13.5. The van der Waals surface area contributed by atoms with Crippen LogP contribution in [0.15, 0.2) is 65.6 Å². The highest BCUT2D eigenvalue weighted by atomic mass is 35.5. The SMILES string of the molecule is C[C@H](CO)N1C[C@H](C)[C@H](CN(C)Cc2ccc(Cl)c(Cl)c2)OCCCC[C@H](C)Oc2ccc(NS(=O)(=O)c3ccc(F)cc3)cc2C1=O. The maximum atomic E-state index is 14.4. The van der Waals surface area contributed by atoms with Gasteiger partial charge in [0.05, 0.1) is 45.4 Å². The van der Waals surface area contributed by atoms with Crippen molar-refractivity contribution in [2.45, 2.75) is 69.7 Å². The highest BCUT2D eigenvalue weighted by Crippen LogP contribution is 2.30. The molecule has 0 saturated heterocycles. The van der Waals surface area contributed by atoms with Gasteiger partial charge in [0.2, 0.25) is 0 Å². The molecule has 1 amide bonds. The lowest BCUT2D eigenvalue weighted by atomic mass is 10.0. The lowest BCUT2D eigenvalue weighted by Gasteiger charge is -2.36. The summed E-state index contributed by atoms with van der Waals surface area (Å²) in [4.78, 5) is 17.9. The highest BCUT2D eigenvalue weighted by molar-refractivity contribution is 7.92. The standard InChI is InChI=1S/C35H44Cl2FN3O6S/c1-23-19-41(24(2)22-42)35(43)30-18-28(39-48(44,45)29-12-9-27(38)10-13-29)11-15-33(30)47-25(3)7-5-6-16-46-34(23)21-40(4)20-26-8-14-31(36)32(37)17-26/h8-15,17-18,23-25,34,39,42H,5-7,16,19-22H2,1-4H3/t23-,24+,25-,34-/m0/s1. The van der Waals surface area contributed by atoms with Gasteiger partial charge in [0.25, 0.3) is 15.9 Å². The van der Waals surface area contributed by atoms with Crippen LogP contribution in [0.1, 0.15) is 56.0 Å². The van der Waals surface area contributed by atoms with Gasteiger partial charge in [0.1, 0.15) is 11.6 Å². The highest BCUT2D eigenvalue weighted by Gasteiger charge is 2.31. The van der Waals surface area contributed by atoms with Crippen molar-refractivity contribution < 1.29 is 32.2 Å². The van der Waals surface area contributed by atoms with Gasteiger partial charge < -0.3 is 19.5 Å². The van der Waals surface area contributed by atoms with Crippen LogP contribution >= 0.6 is 23.2 Å². The van der Waals surface area contributed by atoms with Gasteiger partial charge in [-0.1, -0.05) is 36.2 Å². The van der Waals surface area contributed by atoms with Gasteiger partial charge in [0.15, 0.2) is 0 Å². The third-order valence-electron chi connectivity index (χ3n) is 8.36. The molecule has 262 valence electrons. The topological polar surface area (TPSA) is 108 Å². The zero-order valence-corrected chi connectivity index (χ0v) is 30.0. The number of hydrogen-bond acceptors (Lipinski definition) is 7. The van der Waals surface area contributed by atoms with Crippen molar-refractivity contribution in [3.8, 4) is 5.75 Å². The Balaban J connectivity index is 1.63. The number of anilines is 1. The molecule has 1 aliphatic heterocycles. The van der Waals surface area contributed by atoms with E-state index >= 15 is 0 Å². The first-order valence-electron chi connectivity index (χ1n) is 16.0. The summed E-state index contributed by atoms with van der Waals surface area (Å²) >= 11 is 12.4. The van der Waals surface area contributed by atoms with Crippen LogP contribution in [0, 0.1) is 11.7 Å². The molecule has 1 aliphatic rings. The van der Waals surface area contributed by atoms with Crippen molar-refractivity contribution in [2.24, 2.45) is 5.92 Å². The van der Waals surface area contributed by atoms with Crippen molar-refractivity contribution in [3.05, 3.63) is 87.7 Å². The summed E-state index contributed by atoms with van der Waals surface area (Å²) in [5, 5.41) is 11.2. The monoisotopic (exact) mass is 723 g/mol. The minimum absolute atomic E-state index is 0.125. The molecule has 4 atom stereocenters. The third kappa shape index (κ3) is 10.3. The van der Waals surface area contributed by atoms with Crippen LogP contribution in [0.4, 0.5) is 10.1 Å². The average molecular weight is 725 g/mol. The summed E-state index contributed by atoms with van der Waals surface area (Å²) in [5.74, 6) is -0.819. The molecular weight excluding hydrogens is 680 g/mol. The Morgan fingerprint density at radius 1 is 1.06 bits per heavy atom. The van der Waals surface area contributed by atoms with E-state index in [1.54, 1.807) is 24.0 Å². The lowest BCUT2D eigenvalue weighted by Crippen LogP contribution is -2.47. The number of benzene rings is 3. The molecule has 0 aromatic heterocycles. The molecule has 3 aromatic carbocycles. The second-order valence-corrected chi connectivity index (χ2v) is 15.0. The minimum Gasteiger partial charge on any atom is -0.490 e. The lowest BCUT2D eigenvalue weighted by molar-refractivity contribution is -0.0177. The van der Waals surface area contributed by atoms with Gasteiger partial charge in [0, 0.05) is 37.8 Å². The van der Waals surface area contributed by atoms with E-state index < -0.39 is 27.8 Å². The molecule has 0 saturated carbocycles. The molecule has 0 radical (unpaired) electrons. The van der Waals surface area contributed by atoms with E-state index in [4.69, 9.17) is 32.7 Å². The molecule has 4 rings (SSSR count). The Morgan fingerprint density at radius 3 is 2.48 bits per heavy atom. The van der Waals surface area contributed by atoms with Crippen LogP contribution in [0.5, 0.6) is 5.75 Å². The van der Waals surface area contributed by atoms with Crippen molar-refractivity contribution in [2.75, 3.05) is 38.1 Å². The Hall–Kier alpha value is -2.93. The van der Waals surface area contributed by atoms with Gasteiger partial charge in [-0.3, -0.25) is 14.4 Å². The first kappa shape index (κ1) is 37.9. The Bertz CT molecular complexity index is 1650. The van der Waals surface area contributed by atoms with E-state index in [0.29, 0.717) is 41.9 Å². The number of rotatable bonds is 9. The maximum absolute atomic E-state index is 14.4. The molecule has 0 unspecified atom stereocenters. The Labute approximate surface area is 293 Å². The number of aliphatic hydroxyl groups excluding tert-OH is 1. The molecule has 0 bridgehead atoms. The number of halogens is 3. The van der Waals surface area contributed by atoms with Crippen molar-refractivity contribution >= 4 is 44.8 Å². The van der Waals surface area contributed by atoms with Crippen molar-refractivity contribution in [1.82, 2.24) is 9.80 Å². The average Bonchev–Trinajstić information content (AvgIpc) is 3.04. The number of amides is 1. The van der Waals surface area contributed by atoms with E-state index in [2.05, 4.69) is 9.62 Å². The molecule has 13 heteroatoms. The van der Waals surface area contributed by atoms with Crippen LogP contribution in [0.25, 0.3) is 0 Å². The largest absolute Gasteiger partial charge is 0.490 e. The van der Waals surface area contributed by atoms with Crippen LogP contribution in [0.2, 0.25) is 10.0 Å². The normalized spacial score (nSPS) is 20.5. The molecule has 48 heavy (non-hydrogen) atoms. The number of likely N-dealkylation sites (N-methyl/N-ethyl adjacent to an activating group) is 1. The number of hydrogen-bond donors (Lipinski definition) is 2.